The maximum Gasteiger partial charge on any atom is 0.269 e. The van der Waals surface area contributed by atoms with Crippen LogP contribution in [0.1, 0.15) is 53.9 Å². The van der Waals surface area contributed by atoms with Gasteiger partial charge in [-0.05, 0) is 20.3 Å². The van der Waals surface area contributed by atoms with E-state index in [0.29, 0.717) is 12.2 Å². The van der Waals surface area contributed by atoms with E-state index in [1.54, 1.807) is 17.1 Å². The molecule has 0 fully saturated rings. The van der Waals surface area contributed by atoms with Crippen LogP contribution in [0.3, 0.4) is 0 Å². The highest BCUT2D eigenvalue weighted by atomic mass is 16.5. The van der Waals surface area contributed by atoms with Gasteiger partial charge in [0.15, 0.2) is 0 Å². The maximum absolute atomic E-state index is 12.5. The lowest BCUT2D eigenvalue weighted by Gasteiger charge is -2.24. The second-order valence-corrected chi connectivity index (χ2v) is 6.02. The molecule has 1 aliphatic rings. The van der Waals surface area contributed by atoms with Gasteiger partial charge in [0.1, 0.15) is 11.5 Å². The van der Waals surface area contributed by atoms with Crippen LogP contribution in [0.2, 0.25) is 0 Å². The predicted octanol–water partition coefficient (Wildman–Crippen LogP) is 1.53. The molecule has 0 bridgehead atoms. The van der Waals surface area contributed by atoms with E-state index in [0.717, 1.165) is 36.3 Å². The zero-order valence-corrected chi connectivity index (χ0v) is 13.8. The number of amides is 1. The first-order valence-electron chi connectivity index (χ1n) is 8.04. The third kappa shape index (κ3) is 3.29. The normalized spacial score (nSPS) is 20.3. The summed E-state index contributed by atoms with van der Waals surface area (Å²) in [7, 11) is 1.81. The Kier molecular flexibility index (Phi) is 4.47. The van der Waals surface area contributed by atoms with Gasteiger partial charge in [-0.3, -0.25) is 9.48 Å². The number of hydrogen-bond acceptors (Lipinski definition) is 4. The van der Waals surface area contributed by atoms with Gasteiger partial charge in [-0.25, -0.2) is 4.98 Å². The van der Waals surface area contributed by atoms with Crippen LogP contribution in [0, 0.1) is 0 Å². The van der Waals surface area contributed by atoms with Crippen molar-refractivity contribution >= 4 is 5.91 Å². The number of rotatable bonds is 5. The van der Waals surface area contributed by atoms with Crippen molar-refractivity contribution in [1.82, 2.24) is 25.1 Å². The standard InChI is InChI=1S/C16H23N5O2/c1-10-9-12-14(11(2)23-10)20-21(3)15(12)16(22)19-6-4-5-13-17-7-8-18-13/h7-8,10-11H,4-6,9H2,1-3H3,(H,17,18)(H,19,22)/t10-,11+/m1/s1. The van der Waals surface area contributed by atoms with Crippen molar-refractivity contribution in [2.24, 2.45) is 7.05 Å². The second-order valence-electron chi connectivity index (χ2n) is 6.02. The molecule has 0 saturated carbocycles. The number of hydrogen-bond donors (Lipinski definition) is 2. The summed E-state index contributed by atoms with van der Waals surface area (Å²) in [5.74, 6) is 0.874. The molecule has 7 heteroatoms. The molecule has 3 heterocycles. The summed E-state index contributed by atoms with van der Waals surface area (Å²) in [4.78, 5) is 19.8. The van der Waals surface area contributed by atoms with E-state index >= 15 is 0 Å². The summed E-state index contributed by atoms with van der Waals surface area (Å²) in [6, 6.07) is 0. The van der Waals surface area contributed by atoms with Crippen molar-refractivity contribution in [3.63, 3.8) is 0 Å². The molecule has 3 rings (SSSR count). The van der Waals surface area contributed by atoms with Gasteiger partial charge in [0, 0.05) is 44.4 Å². The number of aromatic nitrogens is 4. The van der Waals surface area contributed by atoms with Crippen molar-refractivity contribution in [3.8, 4) is 0 Å². The summed E-state index contributed by atoms with van der Waals surface area (Å²) in [5, 5.41) is 7.46. The van der Waals surface area contributed by atoms with Gasteiger partial charge in [0.05, 0.1) is 17.9 Å². The number of nitrogens with zero attached hydrogens (tertiary/aromatic N) is 3. The number of carbonyl (C=O) groups excluding carboxylic acids is 1. The molecule has 0 aromatic carbocycles. The van der Waals surface area contributed by atoms with Crippen molar-refractivity contribution < 1.29 is 9.53 Å². The van der Waals surface area contributed by atoms with Gasteiger partial charge in [0.2, 0.25) is 0 Å². The molecular weight excluding hydrogens is 294 g/mol. The number of carbonyl (C=O) groups is 1. The third-order valence-electron chi connectivity index (χ3n) is 4.14. The first-order chi connectivity index (χ1) is 11.1. The Hall–Kier alpha value is -2.15. The summed E-state index contributed by atoms with van der Waals surface area (Å²) in [5.41, 5.74) is 2.55. The molecule has 0 aliphatic carbocycles. The molecule has 0 saturated heterocycles. The molecule has 2 aromatic heterocycles. The third-order valence-corrected chi connectivity index (χ3v) is 4.14. The number of aryl methyl sites for hydroxylation is 2. The Morgan fingerprint density at radius 1 is 1.52 bits per heavy atom. The number of fused-ring (bicyclic) bond motifs is 1. The fraction of sp³-hybridized carbons (Fsp3) is 0.562. The molecular formula is C16H23N5O2. The van der Waals surface area contributed by atoms with Crippen LogP contribution in [-0.2, 0) is 24.6 Å². The maximum atomic E-state index is 12.5. The Morgan fingerprint density at radius 2 is 2.35 bits per heavy atom. The van der Waals surface area contributed by atoms with Crippen molar-refractivity contribution in [3.05, 3.63) is 35.2 Å². The SMILES string of the molecule is C[C@@H]1Cc2c(nn(C)c2C(=O)NCCCc2ncc[nH]2)[C@H](C)O1. The number of aromatic amines is 1. The predicted molar refractivity (Wildman–Crippen MR) is 85.1 cm³/mol. The zero-order valence-electron chi connectivity index (χ0n) is 13.8. The van der Waals surface area contributed by atoms with Crippen LogP contribution in [0.25, 0.3) is 0 Å². The number of imidazole rings is 1. The van der Waals surface area contributed by atoms with Crippen molar-refractivity contribution in [1.29, 1.82) is 0 Å². The monoisotopic (exact) mass is 317 g/mol. The molecule has 2 N–H and O–H groups in total. The lowest BCUT2D eigenvalue weighted by atomic mass is 9.99. The second kappa shape index (κ2) is 6.54. The molecule has 23 heavy (non-hydrogen) atoms. The molecule has 2 atom stereocenters. The summed E-state index contributed by atoms with van der Waals surface area (Å²) in [6.45, 7) is 4.62. The smallest absolute Gasteiger partial charge is 0.269 e. The Morgan fingerprint density at radius 3 is 3.09 bits per heavy atom. The Bertz CT molecular complexity index is 677. The van der Waals surface area contributed by atoms with Gasteiger partial charge < -0.3 is 15.0 Å². The highest BCUT2D eigenvalue weighted by Gasteiger charge is 2.31. The minimum absolute atomic E-state index is 0.0676. The zero-order chi connectivity index (χ0) is 16.4. The average Bonchev–Trinajstić information content (AvgIpc) is 3.11. The molecule has 1 aliphatic heterocycles. The minimum Gasteiger partial charge on any atom is -0.369 e. The van der Waals surface area contributed by atoms with Gasteiger partial charge in [-0.1, -0.05) is 0 Å². The molecule has 1 amide bonds. The average molecular weight is 317 g/mol. The topological polar surface area (TPSA) is 84.8 Å². The highest BCUT2D eigenvalue weighted by Crippen LogP contribution is 2.30. The van der Waals surface area contributed by atoms with E-state index in [2.05, 4.69) is 20.4 Å². The van der Waals surface area contributed by atoms with Gasteiger partial charge >= 0.3 is 0 Å². The molecule has 0 unspecified atom stereocenters. The van der Waals surface area contributed by atoms with Gasteiger partial charge in [0.25, 0.3) is 5.91 Å². The molecule has 2 aromatic rings. The van der Waals surface area contributed by atoms with Crippen LogP contribution in [-0.4, -0.2) is 38.3 Å². The molecule has 124 valence electrons. The molecule has 0 radical (unpaired) electrons. The highest BCUT2D eigenvalue weighted by molar-refractivity contribution is 5.94. The minimum atomic E-state index is -0.0690. The van der Waals surface area contributed by atoms with Crippen molar-refractivity contribution in [2.45, 2.75) is 45.3 Å². The Labute approximate surface area is 135 Å². The lowest BCUT2D eigenvalue weighted by Crippen LogP contribution is -2.29. The van der Waals surface area contributed by atoms with E-state index in [4.69, 9.17) is 4.74 Å². The number of H-pyrrole nitrogens is 1. The van der Waals surface area contributed by atoms with E-state index < -0.39 is 0 Å². The first-order valence-corrected chi connectivity index (χ1v) is 8.04. The summed E-state index contributed by atoms with van der Waals surface area (Å²) < 4.78 is 7.45. The first kappa shape index (κ1) is 15.7. The summed E-state index contributed by atoms with van der Waals surface area (Å²) in [6.07, 6.45) is 5.96. The van der Waals surface area contributed by atoms with Crippen molar-refractivity contribution in [2.75, 3.05) is 6.54 Å². The molecule has 0 spiro atoms. The van der Waals surface area contributed by atoms with Gasteiger partial charge in [-0.15, -0.1) is 0 Å². The van der Waals surface area contributed by atoms with Crippen LogP contribution < -0.4 is 5.32 Å². The van der Waals surface area contributed by atoms with Gasteiger partial charge in [-0.2, -0.15) is 5.10 Å². The van der Waals surface area contributed by atoms with E-state index in [9.17, 15) is 4.79 Å². The lowest BCUT2D eigenvalue weighted by molar-refractivity contribution is -0.00709. The van der Waals surface area contributed by atoms with Crippen LogP contribution in [0.4, 0.5) is 0 Å². The number of nitrogens with one attached hydrogen (secondary N) is 2. The van der Waals surface area contributed by atoms with Crippen LogP contribution >= 0.6 is 0 Å². The van der Waals surface area contributed by atoms with Crippen LogP contribution in [0.15, 0.2) is 12.4 Å². The van der Waals surface area contributed by atoms with E-state index in [1.165, 1.54) is 0 Å². The number of ether oxygens (including phenoxy) is 1. The Balaban J connectivity index is 1.63. The summed E-state index contributed by atoms with van der Waals surface area (Å²) >= 11 is 0. The van der Waals surface area contributed by atoms with E-state index in [1.807, 2.05) is 20.9 Å². The molecule has 7 nitrogen and oxygen atoms in total. The fourth-order valence-electron chi connectivity index (χ4n) is 3.13. The van der Waals surface area contributed by atoms with Crippen LogP contribution in [0.5, 0.6) is 0 Å². The van der Waals surface area contributed by atoms with E-state index in [-0.39, 0.29) is 18.1 Å². The quantitative estimate of drug-likeness (QED) is 0.819. The largest absolute Gasteiger partial charge is 0.369 e. The fourth-order valence-corrected chi connectivity index (χ4v) is 3.13.